The number of aromatic nitrogens is 2. The molecule has 0 bridgehead atoms. The molecule has 0 aliphatic carbocycles. The van der Waals surface area contributed by atoms with E-state index < -0.39 is 17.5 Å². The molecule has 0 atom stereocenters. The van der Waals surface area contributed by atoms with Crippen LogP contribution in [0, 0.1) is 17.5 Å². The molecule has 0 saturated carbocycles. The average molecular weight is 269 g/mol. The molecule has 0 radical (unpaired) electrons. The molecule has 0 amide bonds. The van der Waals surface area contributed by atoms with Crippen LogP contribution < -0.4 is 5.32 Å². The minimum absolute atomic E-state index is 0.225. The maximum atomic E-state index is 13.4. The maximum Gasteiger partial charge on any atom is 0.152 e. The predicted molar refractivity (Wildman–Crippen MR) is 66.2 cm³/mol. The van der Waals surface area contributed by atoms with Crippen LogP contribution in [0.3, 0.4) is 0 Å². The van der Waals surface area contributed by atoms with Crippen molar-refractivity contribution in [1.29, 1.82) is 0 Å². The molecule has 0 spiro atoms. The summed E-state index contributed by atoms with van der Waals surface area (Å²) in [4.78, 5) is 0. The Morgan fingerprint density at radius 1 is 1.21 bits per heavy atom. The van der Waals surface area contributed by atoms with Crippen LogP contribution in [0.1, 0.15) is 18.9 Å². The van der Waals surface area contributed by atoms with E-state index in [1.807, 2.05) is 6.92 Å². The zero-order valence-corrected chi connectivity index (χ0v) is 10.5. The molecule has 0 saturated heterocycles. The first-order valence-corrected chi connectivity index (χ1v) is 6.00. The summed E-state index contributed by atoms with van der Waals surface area (Å²) in [6.07, 6.45) is 4.38. The highest BCUT2D eigenvalue weighted by Crippen LogP contribution is 2.20. The molecule has 1 N–H and O–H groups in total. The zero-order valence-electron chi connectivity index (χ0n) is 10.5. The van der Waals surface area contributed by atoms with Gasteiger partial charge in [0, 0.05) is 37.0 Å². The van der Waals surface area contributed by atoms with E-state index in [0.29, 0.717) is 12.1 Å². The Bertz CT molecular complexity index is 543. The molecule has 0 unspecified atom stereocenters. The van der Waals surface area contributed by atoms with Crippen molar-refractivity contribution in [3.05, 3.63) is 47.5 Å². The Morgan fingerprint density at radius 3 is 2.53 bits per heavy atom. The van der Waals surface area contributed by atoms with Gasteiger partial charge in [0.1, 0.15) is 11.5 Å². The lowest BCUT2D eigenvalue weighted by Gasteiger charge is -2.07. The Balaban J connectivity index is 2.05. The Morgan fingerprint density at radius 2 is 1.89 bits per heavy atom. The van der Waals surface area contributed by atoms with E-state index in [1.165, 1.54) is 0 Å². The van der Waals surface area contributed by atoms with Gasteiger partial charge < -0.3 is 5.32 Å². The third-order valence-electron chi connectivity index (χ3n) is 2.62. The number of benzene rings is 1. The lowest BCUT2D eigenvalue weighted by Crippen LogP contribution is -2.04. The number of halogens is 3. The minimum atomic E-state index is -0.946. The van der Waals surface area contributed by atoms with Crippen molar-refractivity contribution in [3.8, 4) is 0 Å². The third kappa shape index (κ3) is 3.27. The first-order valence-electron chi connectivity index (χ1n) is 6.00. The standard InChI is InChI=1S/C13H14F3N3/c1-2-3-19-8-9(7-18-19)6-17-13-11(15)4-10(14)5-12(13)16/h4-5,7-8,17H,2-3,6H2,1H3. The van der Waals surface area contributed by atoms with Crippen LogP contribution in [-0.2, 0) is 13.1 Å². The van der Waals surface area contributed by atoms with Crippen molar-refractivity contribution in [2.75, 3.05) is 5.32 Å². The second kappa shape index (κ2) is 5.77. The van der Waals surface area contributed by atoms with Crippen LogP contribution in [0.5, 0.6) is 0 Å². The number of rotatable bonds is 5. The van der Waals surface area contributed by atoms with Gasteiger partial charge in [-0.3, -0.25) is 4.68 Å². The van der Waals surface area contributed by atoms with Gasteiger partial charge in [0.25, 0.3) is 0 Å². The van der Waals surface area contributed by atoms with Crippen molar-refractivity contribution in [2.45, 2.75) is 26.4 Å². The highest BCUT2D eigenvalue weighted by molar-refractivity contribution is 5.46. The number of hydrogen-bond donors (Lipinski definition) is 1. The first kappa shape index (κ1) is 13.5. The molecule has 1 aromatic heterocycles. The van der Waals surface area contributed by atoms with Crippen LogP contribution in [0.4, 0.5) is 18.9 Å². The molecule has 1 heterocycles. The molecular formula is C13H14F3N3. The molecule has 6 heteroatoms. The smallest absolute Gasteiger partial charge is 0.152 e. The van der Waals surface area contributed by atoms with E-state index in [-0.39, 0.29) is 12.2 Å². The topological polar surface area (TPSA) is 29.9 Å². The van der Waals surface area contributed by atoms with Gasteiger partial charge in [-0.1, -0.05) is 6.92 Å². The van der Waals surface area contributed by atoms with Gasteiger partial charge in [0.15, 0.2) is 11.6 Å². The zero-order chi connectivity index (χ0) is 13.8. The van der Waals surface area contributed by atoms with Crippen LogP contribution in [0.15, 0.2) is 24.5 Å². The van der Waals surface area contributed by atoms with Gasteiger partial charge in [-0.15, -0.1) is 0 Å². The Kier molecular flexibility index (Phi) is 4.09. The largest absolute Gasteiger partial charge is 0.376 e. The summed E-state index contributed by atoms with van der Waals surface area (Å²) in [5, 5.41) is 6.72. The maximum absolute atomic E-state index is 13.4. The normalized spacial score (nSPS) is 10.7. The summed E-state index contributed by atoms with van der Waals surface area (Å²) in [5.74, 6) is -2.83. The lowest BCUT2D eigenvalue weighted by atomic mass is 10.2. The first-order chi connectivity index (χ1) is 9.10. The van der Waals surface area contributed by atoms with Crippen LogP contribution >= 0.6 is 0 Å². The summed E-state index contributed by atoms with van der Waals surface area (Å²) in [6.45, 7) is 3.05. The summed E-state index contributed by atoms with van der Waals surface area (Å²) in [5.41, 5.74) is 0.473. The second-order valence-electron chi connectivity index (χ2n) is 4.21. The van der Waals surface area contributed by atoms with Crippen molar-refractivity contribution in [3.63, 3.8) is 0 Å². The molecule has 1 aromatic carbocycles. The van der Waals surface area contributed by atoms with E-state index in [9.17, 15) is 13.2 Å². The summed E-state index contributed by atoms with van der Waals surface area (Å²) >= 11 is 0. The Hall–Kier alpha value is -1.98. The molecule has 0 aliphatic heterocycles. The van der Waals surface area contributed by atoms with Gasteiger partial charge in [-0.05, 0) is 6.42 Å². The van der Waals surface area contributed by atoms with Gasteiger partial charge in [0.05, 0.1) is 6.20 Å². The monoisotopic (exact) mass is 269 g/mol. The molecule has 2 rings (SSSR count). The molecule has 2 aromatic rings. The number of hydrogen-bond acceptors (Lipinski definition) is 2. The number of aryl methyl sites for hydroxylation is 1. The van der Waals surface area contributed by atoms with Gasteiger partial charge >= 0.3 is 0 Å². The van der Waals surface area contributed by atoms with E-state index in [1.54, 1.807) is 17.1 Å². The summed E-state index contributed by atoms with van der Waals surface area (Å²) in [6, 6.07) is 1.29. The molecular weight excluding hydrogens is 255 g/mol. The average Bonchev–Trinajstić information content (AvgIpc) is 2.76. The highest BCUT2D eigenvalue weighted by Gasteiger charge is 2.11. The van der Waals surface area contributed by atoms with Gasteiger partial charge in [0.2, 0.25) is 0 Å². The van der Waals surface area contributed by atoms with E-state index in [2.05, 4.69) is 10.4 Å². The SMILES string of the molecule is CCCn1cc(CNc2c(F)cc(F)cc2F)cn1. The fourth-order valence-electron chi connectivity index (χ4n) is 1.75. The molecule has 0 fully saturated rings. The van der Waals surface area contributed by atoms with E-state index in [0.717, 1.165) is 18.5 Å². The lowest BCUT2D eigenvalue weighted by molar-refractivity contribution is 0.547. The number of anilines is 1. The van der Waals surface area contributed by atoms with Gasteiger partial charge in [-0.2, -0.15) is 5.10 Å². The summed E-state index contributed by atoms with van der Waals surface area (Å²) in [7, 11) is 0. The van der Waals surface area contributed by atoms with Crippen molar-refractivity contribution in [2.24, 2.45) is 0 Å². The fourth-order valence-corrected chi connectivity index (χ4v) is 1.75. The van der Waals surface area contributed by atoms with Crippen LogP contribution in [0.25, 0.3) is 0 Å². The number of nitrogens with zero attached hydrogens (tertiary/aromatic N) is 2. The minimum Gasteiger partial charge on any atom is -0.376 e. The quantitative estimate of drug-likeness (QED) is 0.902. The van der Waals surface area contributed by atoms with Crippen molar-refractivity contribution >= 4 is 5.69 Å². The van der Waals surface area contributed by atoms with Crippen molar-refractivity contribution < 1.29 is 13.2 Å². The van der Waals surface area contributed by atoms with E-state index >= 15 is 0 Å². The van der Waals surface area contributed by atoms with Gasteiger partial charge in [-0.25, -0.2) is 13.2 Å². The predicted octanol–water partition coefficient (Wildman–Crippen LogP) is 3.32. The van der Waals surface area contributed by atoms with Crippen LogP contribution in [0.2, 0.25) is 0 Å². The fraction of sp³-hybridized carbons (Fsp3) is 0.308. The molecule has 102 valence electrons. The van der Waals surface area contributed by atoms with E-state index in [4.69, 9.17) is 0 Å². The third-order valence-corrected chi connectivity index (χ3v) is 2.62. The number of nitrogens with one attached hydrogen (secondary N) is 1. The molecule has 0 aliphatic rings. The molecule has 3 nitrogen and oxygen atoms in total. The Labute approximate surface area is 109 Å². The summed E-state index contributed by atoms with van der Waals surface area (Å²) < 4.78 is 41.3. The van der Waals surface area contributed by atoms with Crippen molar-refractivity contribution in [1.82, 2.24) is 9.78 Å². The van der Waals surface area contributed by atoms with Crippen LogP contribution in [-0.4, -0.2) is 9.78 Å². The second-order valence-corrected chi connectivity index (χ2v) is 4.21. The highest BCUT2D eigenvalue weighted by atomic mass is 19.1. The molecule has 19 heavy (non-hydrogen) atoms.